The molecule has 0 bridgehead atoms. The number of hydrogen-bond acceptors (Lipinski definition) is 2. The fourth-order valence-corrected chi connectivity index (χ4v) is 3.55. The molecule has 0 aliphatic heterocycles. The van der Waals surface area contributed by atoms with Crippen molar-refractivity contribution in [3.63, 3.8) is 0 Å². The van der Waals surface area contributed by atoms with Gasteiger partial charge in [0.25, 0.3) is 0 Å². The highest BCUT2D eigenvalue weighted by Gasteiger charge is 2.10. The number of nitrogens with one attached hydrogen (secondary N) is 1. The summed E-state index contributed by atoms with van der Waals surface area (Å²) in [6.07, 6.45) is 0. The monoisotopic (exact) mass is 415 g/mol. The summed E-state index contributed by atoms with van der Waals surface area (Å²) in [6, 6.07) is 8.99. The van der Waals surface area contributed by atoms with Crippen molar-refractivity contribution in [1.29, 1.82) is 0 Å². The van der Waals surface area contributed by atoms with Gasteiger partial charge < -0.3 is 10.1 Å². The molecule has 2 aromatic carbocycles. The second-order valence-corrected chi connectivity index (χ2v) is 6.32. The maximum Gasteiger partial charge on any atom is 0.147 e. The Morgan fingerprint density at radius 1 is 1.19 bits per heavy atom. The largest absolute Gasteiger partial charge is 0.492 e. The van der Waals surface area contributed by atoms with Crippen LogP contribution in [0.1, 0.15) is 18.1 Å². The molecule has 2 nitrogen and oxygen atoms in total. The van der Waals surface area contributed by atoms with Crippen molar-refractivity contribution in [3.05, 3.63) is 56.2 Å². The minimum Gasteiger partial charge on any atom is -0.492 e. The molecule has 0 amide bonds. The molecule has 0 spiro atoms. The first kappa shape index (κ1) is 16.3. The second-order valence-electron chi connectivity index (χ2n) is 4.61. The first-order valence-corrected chi connectivity index (χ1v) is 8.21. The molecule has 0 radical (unpaired) electrons. The Morgan fingerprint density at radius 2 is 1.86 bits per heavy atom. The van der Waals surface area contributed by atoms with E-state index in [-0.39, 0.29) is 5.82 Å². The molecule has 112 valence electrons. The number of benzene rings is 2. The Kier molecular flexibility index (Phi) is 5.65. The van der Waals surface area contributed by atoms with E-state index in [0.717, 1.165) is 25.8 Å². The van der Waals surface area contributed by atoms with Crippen LogP contribution in [0.25, 0.3) is 0 Å². The van der Waals surface area contributed by atoms with Crippen molar-refractivity contribution in [2.24, 2.45) is 0 Å². The molecule has 21 heavy (non-hydrogen) atoms. The van der Waals surface area contributed by atoms with Crippen molar-refractivity contribution in [2.45, 2.75) is 20.4 Å². The van der Waals surface area contributed by atoms with Crippen LogP contribution < -0.4 is 10.1 Å². The Bertz CT molecular complexity index is 603. The Morgan fingerprint density at radius 3 is 2.43 bits per heavy atom. The van der Waals surface area contributed by atoms with Crippen LogP contribution in [0.15, 0.2) is 39.3 Å². The number of halogens is 3. The highest BCUT2D eigenvalue weighted by Crippen LogP contribution is 2.35. The Balaban J connectivity index is 2.17. The molecular formula is C16H16Br2FNO. The number of ether oxygens (including phenoxy) is 1. The van der Waals surface area contributed by atoms with Gasteiger partial charge in [0.15, 0.2) is 0 Å². The summed E-state index contributed by atoms with van der Waals surface area (Å²) in [5.74, 6) is 0.544. The average molecular weight is 417 g/mol. The second kappa shape index (κ2) is 7.27. The van der Waals surface area contributed by atoms with Crippen molar-refractivity contribution in [3.8, 4) is 5.75 Å². The number of para-hydroxylation sites is 1. The Labute approximate surface area is 141 Å². The predicted molar refractivity (Wildman–Crippen MR) is 91.5 cm³/mol. The summed E-state index contributed by atoms with van der Waals surface area (Å²) in [4.78, 5) is 0. The number of anilines is 1. The fourth-order valence-electron chi connectivity index (χ4n) is 2.04. The van der Waals surface area contributed by atoms with Crippen LogP contribution >= 0.6 is 31.9 Å². The molecule has 0 aromatic heterocycles. The summed E-state index contributed by atoms with van der Waals surface area (Å²) in [7, 11) is 0. The SMILES string of the molecule is CCOc1c(Br)cc(CNc2c(C)cccc2F)cc1Br. The minimum atomic E-state index is -0.237. The lowest BCUT2D eigenvalue weighted by Gasteiger charge is -2.13. The van der Waals surface area contributed by atoms with E-state index in [1.54, 1.807) is 6.07 Å². The van der Waals surface area contributed by atoms with E-state index in [4.69, 9.17) is 4.74 Å². The molecule has 0 aliphatic rings. The molecule has 2 rings (SSSR count). The van der Waals surface area contributed by atoms with Gasteiger partial charge in [-0.25, -0.2) is 4.39 Å². The summed E-state index contributed by atoms with van der Waals surface area (Å²) in [6.45, 7) is 4.96. The summed E-state index contributed by atoms with van der Waals surface area (Å²) < 4.78 is 21.1. The normalized spacial score (nSPS) is 10.5. The summed E-state index contributed by atoms with van der Waals surface area (Å²) in [5, 5.41) is 3.15. The van der Waals surface area contributed by atoms with Gasteiger partial charge in [-0.15, -0.1) is 0 Å². The molecule has 0 aliphatic carbocycles. The minimum absolute atomic E-state index is 0.237. The molecule has 0 unspecified atom stereocenters. The van der Waals surface area contributed by atoms with E-state index in [1.807, 2.05) is 32.0 Å². The lowest BCUT2D eigenvalue weighted by atomic mass is 10.1. The smallest absolute Gasteiger partial charge is 0.147 e. The highest BCUT2D eigenvalue weighted by molar-refractivity contribution is 9.11. The van der Waals surface area contributed by atoms with Crippen LogP contribution in [0.3, 0.4) is 0 Å². The average Bonchev–Trinajstić information content (AvgIpc) is 2.42. The van der Waals surface area contributed by atoms with Gasteiger partial charge in [-0.2, -0.15) is 0 Å². The maximum atomic E-state index is 13.8. The van der Waals surface area contributed by atoms with Crippen molar-refractivity contribution in [2.75, 3.05) is 11.9 Å². The van der Waals surface area contributed by atoms with E-state index >= 15 is 0 Å². The third-order valence-corrected chi connectivity index (χ3v) is 4.22. The molecule has 5 heteroatoms. The van der Waals surface area contributed by atoms with Gasteiger partial charge in [0.1, 0.15) is 11.6 Å². The maximum absolute atomic E-state index is 13.8. The van der Waals surface area contributed by atoms with Crippen LogP contribution in [0.5, 0.6) is 5.75 Å². The van der Waals surface area contributed by atoms with Gasteiger partial charge in [-0.1, -0.05) is 12.1 Å². The number of aryl methyl sites for hydroxylation is 1. The van der Waals surface area contributed by atoms with Crippen LogP contribution in [0, 0.1) is 12.7 Å². The van der Waals surface area contributed by atoms with Crippen LogP contribution in [0.2, 0.25) is 0 Å². The molecule has 2 aromatic rings. The summed E-state index contributed by atoms with van der Waals surface area (Å²) >= 11 is 6.99. The fraction of sp³-hybridized carbons (Fsp3) is 0.250. The molecule has 0 saturated carbocycles. The van der Waals surface area contributed by atoms with Crippen molar-refractivity contribution >= 4 is 37.5 Å². The zero-order valence-electron chi connectivity index (χ0n) is 11.8. The lowest BCUT2D eigenvalue weighted by molar-refractivity contribution is 0.336. The van der Waals surface area contributed by atoms with Gasteiger partial charge >= 0.3 is 0 Å². The number of rotatable bonds is 5. The van der Waals surface area contributed by atoms with Crippen molar-refractivity contribution < 1.29 is 9.13 Å². The van der Waals surface area contributed by atoms with Gasteiger partial charge in [-0.05, 0) is 75.0 Å². The van der Waals surface area contributed by atoms with Crippen LogP contribution in [-0.4, -0.2) is 6.61 Å². The first-order chi connectivity index (χ1) is 10.0. The Hall–Kier alpha value is -1.07. The zero-order chi connectivity index (χ0) is 15.4. The molecule has 0 fully saturated rings. The first-order valence-electron chi connectivity index (χ1n) is 6.62. The van der Waals surface area contributed by atoms with E-state index in [9.17, 15) is 4.39 Å². The third kappa shape index (κ3) is 3.98. The topological polar surface area (TPSA) is 21.3 Å². The quantitative estimate of drug-likeness (QED) is 0.677. The van der Waals surface area contributed by atoms with E-state index in [2.05, 4.69) is 37.2 Å². The lowest BCUT2D eigenvalue weighted by Crippen LogP contribution is -2.04. The van der Waals surface area contributed by atoms with Crippen molar-refractivity contribution in [1.82, 2.24) is 0 Å². The molecule has 0 heterocycles. The summed E-state index contributed by atoms with van der Waals surface area (Å²) in [5.41, 5.74) is 2.46. The predicted octanol–water partition coefficient (Wildman–Crippen LogP) is 5.67. The van der Waals surface area contributed by atoms with E-state index < -0.39 is 0 Å². The number of hydrogen-bond donors (Lipinski definition) is 1. The molecular weight excluding hydrogens is 401 g/mol. The molecule has 0 atom stereocenters. The van der Waals surface area contributed by atoms with E-state index in [1.165, 1.54) is 6.07 Å². The van der Waals surface area contributed by atoms with Gasteiger partial charge in [0.2, 0.25) is 0 Å². The van der Waals surface area contributed by atoms with E-state index in [0.29, 0.717) is 18.8 Å². The molecule has 0 saturated heterocycles. The van der Waals surface area contributed by atoms with Gasteiger partial charge in [-0.3, -0.25) is 0 Å². The van der Waals surface area contributed by atoms with Gasteiger partial charge in [0.05, 0.1) is 21.2 Å². The van der Waals surface area contributed by atoms with Crippen LogP contribution in [-0.2, 0) is 6.54 Å². The standard InChI is InChI=1S/C16H16Br2FNO/c1-3-21-16-12(17)7-11(8-13(16)18)9-20-15-10(2)5-4-6-14(15)19/h4-8,20H,3,9H2,1-2H3. The van der Waals surface area contributed by atoms with Crippen LogP contribution in [0.4, 0.5) is 10.1 Å². The highest BCUT2D eigenvalue weighted by atomic mass is 79.9. The van der Waals surface area contributed by atoms with Gasteiger partial charge in [0, 0.05) is 6.54 Å². The molecule has 1 N–H and O–H groups in total. The third-order valence-electron chi connectivity index (χ3n) is 3.04. The zero-order valence-corrected chi connectivity index (χ0v) is 15.0.